The van der Waals surface area contributed by atoms with Crippen LogP contribution in [0.4, 0.5) is 0 Å². The number of nitrogens with zero attached hydrogens (tertiary/aromatic N) is 1. The normalized spacial score (nSPS) is 11.4. The molecule has 0 saturated heterocycles. The highest BCUT2D eigenvalue weighted by Gasteiger charge is 2.21. The van der Waals surface area contributed by atoms with Crippen molar-refractivity contribution < 1.29 is 28.5 Å². The van der Waals surface area contributed by atoms with E-state index in [2.05, 4.69) is 16.4 Å². The number of hydrogen-bond donors (Lipinski definition) is 2. The molecule has 0 aliphatic heterocycles. The second kappa shape index (κ2) is 14.2. The van der Waals surface area contributed by atoms with Gasteiger partial charge in [0.05, 0.1) is 58.5 Å². The first-order valence-corrected chi connectivity index (χ1v) is 15.5. The molecule has 244 valence electrons. The van der Waals surface area contributed by atoms with Gasteiger partial charge in [-0.25, -0.2) is 4.98 Å². The summed E-state index contributed by atoms with van der Waals surface area (Å²) in [5.74, 6) is 2.39. The monoisotopic (exact) mass is 643 g/mol. The first kappa shape index (κ1) is 32.0. The fraction of sp³-hybridized carbons (Fsp3) is 0.179. The number of pyridine rings is 1. The molecule has 0 fully saturated rings. The summed E-state index contributed by atoms with van der Waals surface area (Å²) in [6.07, 6.45) is 1.81. The minimum absolute atomic E-state index is 0.173. The highest BCUT2D eigenvalue weighted by atomic mass is 16.5. The number of para-hydroxylation sites is 2. The molecule has 0 unspecified atom stereocenters. The summed E-state index contributed by atoms with van der Waals surface area (Å²) in [5, 5.41) is 5.21. The lowest BCUT2D eigenvalue weighted by Crippen LogP contribution is -2.24. The van der Waals surface area contributed by atoms with Gasteiger partial charge in [-0.1, -0.05) is 36.4 Å². The van der Waals surface area contributed by atoms with Crippen LogP contribution in [0.25, 0.3) is 44.7 Å². The van der Waals surface area contributed by atoms with Gasteiger partial charge in [0.25, 0.3) is 5.91 Å². The topological polar surface area (TPSA) is 104 Å². The first-order chi connectivity index (χ1) is 23.5. The second-order valence-corrected chi connectivity index (χ2v) is 10.9. The third-order valence-electron chi connectivity index (χ3n) is 8.08. The van der Waals surface area contributed by atoms with E-state index in [9.17, 15) is 4.79 Å². The standard InChI is InChI=1S/C39H37N3O6/c1-6-48-33-14-10-7-11-25(33)19-30(26-20-34(45-3)38(47-5)35(21-26)46-4)39(43)40-23-27-22-31-29-12-8-9-13-32(29)42-37(31)36(41-27)24-15-17-28(44-2)18-16-24/h7-22,42H,6,23H2,1-5H3,(H,40,43)/b30-19+. The van der Waals surface area contributed by atoms with Crippen molar-refractivity contribution in [1.82, 2.24) is 15.3 Å². The predicted molar refractivity (Wildman–Crippen MR) is 189 cm³/mol. The van der Waals surface area contributed by atoms with E-state index in [0.29, 0.717) is 46.4 Å². The maximum atomic E-state index is 14.2. The molecule has 0 bridgehead atoms. The molecule has 9 nitrogen and oxygen atoms in total. The van der Waals surface area contributed by atoms with Gasteiger partial charge in [-0.2, -0.15) is 0 Å². The molecule has 0 radical (unpaired) electrons. The maximum Gasteiger partial charge on any atom is 0.252 e. The lowest BCUT2D eigenvalue weighted by molar-refractivity contribution is -0.115. The number of carbonyl (C=O) groups excluding carboxylic acids is 1. The van der Waals surface area contributed by atoms with Crippen LogP contribution < -0.4 is 29.0 Å². The van der Waals surface area contributed by atoms with Crippen molar-refractivity contribution in [2.45, 2.75) is 13.5 Å². The Morgan fingerprint density at radius 3 is 2.19 bits per heavy atom. The molecule has 0 atom stereocenters. The van der Waals surface area contributed by atoms with Gasteiger partial charge in [0.1, 0.15) is 11.5 Å². The summed E-state index contributed by atoms with van der Waals surface area (Å²) in [6, 6.07) is 29.0. The number of aromatic amines is 1. The minimum atomic E-state index is -0.317. The Hall–Kier alpha value is -5.96. The molecule has 2 aromatic heterocycles. The third kappa shape index (κ3) is 6.35. The van der Waals surface area contributed by atoms with Crippen molar-refractivity contribution in [2.24, 2.45) is 0 Å². The number of methoxy groups -OCH3 is 4. The molecule has 48 heavy (non-hydrogen) atoms. The Morgan fingerprint density at radius 1 is 0.792 bits per heavy atom. The number of hydrogen-bond acceptors (Lipinski definition) is 7. The zero-order valence-electron chi connectivity index (χ0n) is 27.5. The number of carbonyl (C=O) groups is 1. The molecule has 6 rings (SSSR count). The van der Waals surface area contributed by atoms with Crippen LogP contribution in [0.15, 0.2) is 91.0 Å². The fourth-order valence-corrected chi connectivity index (χ4v) is 5.77. The van der Waals surface area contributed by atoms with Gasteiger partial charge in [-0.3, -0.25) is 4.79 Å². The maximum absolute atomic E-state index is 14.2. The van der Waals surface area contributed by atoms with Crippen molar-refractivity contribution in [1.29, 1.82) is 0 Å². The lowest BCUT2D eigenvalue weighted by atomic mass is 10.00. The van der Waals surface area contributed by atoms with Crippen LogP contribution >= 0.6 is 0 Å². The lowest BCUT2D eigenvalue weighted by Gasteiger charge is -2.17. The van der Waals surface area contributed by atoms with Gasteiger partial charge < -0.3 is 34.0 Å². The summed E-state index contributed by atoms with van der Waals surface area (Å²) >= 11 is 0. The van der Waals surface area contributed by atoms with E-state index in [0.717, 1.165) is 44.4 Å². The van der Waals surface area contributed by atoms with Crippen molar-refractivity contribution in [3.05, 3.63) is 108 Å². The van der Waals surface area contributed by atoms with Crippen LogP contribution in [-0.2, 0) is 11.3 Å². The summed E-state index contributed by atoms with van der Waals surface area (Å²) in [6.45, 7) is 2.58. The van der Waals surface area contributed by atoms with Crippen molar-refractivity contribution in [3.63, 3.8) is 0 Å². The Bertz CT molecular complexity index is 2090. The average molecular weight is 644 g/mol. The van der Waals surface area contributed by atoms with E-state index in [1.807, 2.05) is 79.7 Å². The van der Waals surface area contributed by atoms with E-state index in [1.165, 1.54) is 0 Å². The van der Waals surface area contributed by atoms with Crippen LogP contribution in [-0.4, -0.2) is 50.9 Å². The summed E-state index contributed by atoms with van der Waals surface area (Å²) < 4.78 is 28.0. The number of ether oxygens (including phenoxy) is 5. The SMILES string of the molecule is CCOc1ccccc1/C=C(/C(=O)NCc1cc2c([nH]c3ccccc32)c(-c2ccc(OC)cc2)n1)c1cc(OC)c(OC)c(OC)c1. The fourth-order valence-electron chi connectivity index (χ4n) is 5.77. The summed E-state index contributed by atoms with van der Waals surface area (Å²) in [5.41, 5.74) is 6.03. The zero-order chi connectivity index (χ0) is 33.6. The Labute approximate surface area is 279 Å². The molecule has 4 aromatic carbocycles. The molecule has 0 aliphatic carbocycles. The Balaban J connectivity index is 1.43. The third-order valence-corrected chi connectivity index (χ3v) is 8.08. The Kier molecular flexibility index (Phi) is 9.47. The number of H-pyrrole nitrogens is 1. The van der Waals surface area contributed by atoms with E-state index in [1.54, 1.807) is 46.6 Å². The molecule has 6 aromatic rings. The van der Waals surface area contributed by atoms with E-state index >= 15 is 0 Å². The number of benzene rings is 4. The van der Waals surface area contributed by atoms with E-state index in [4.69, 9.17) is 28.7 Å². The van der Waals surface area contributed by atoms with Crippen molar-refractivity contribution in [2.75, 3.05) is 35.0 Å². The number of nitrogens with one attached hydrogen (secondary N) is 2. The van der Waals surface area contributed by atoms with Gasteiger partial charge in [0.15, 0.2) is 11.5 Å². The second-order valence-electron chi connectivity index (χ2n) is 10.9. The molecule has 2 heterocycles. The van der Waals surface area contributed by atoms with Crippen LogP contribution in [0.3, 0.4) is 0 Å². The van der Waals surface area contributed by atoms with Crippen LogP contribution in [0.1, 0.15) is 23.7 Å². The number of fused-ring (bicyclic) bond motifs is 3. The largest absolute Gasteiger partial charge is 0.497 e. The Morgan fingerprint density at radius 2 is 1.50 bits per heavy atom. The molecule has 9 heteroatoms. The van der Waals surface area contributed by atoms with Gasteiger partial charge in [-0.05, 0) is 73.2 Å². The summed E-state index contributed by atoms with van der Waals surface area (Å²) in [7, 11) is 6.27. The molecule has 2 N–H and O–H groups in total. The van der Waals surface area contributed by atoms with E-state index < -0.39 is 0 Å². The van der Waals surface area contributed by atoms with Gasteiger partial charge in [0, 0.05) is 33.0 Å². The smallest absolute Gasteiger partial charge is 0.252 e. The van der Waals surface area contributed by atoms with Crippen molar-refractivity contribution in [3.8, 4) is 40.0 Å². The number of amides is 1. The quantitative estimate of drug-likeness (QED) is 0.104. The van der Waals surface area contributed by atoms with Gasteiger partial charge >= 0.3 is 0 Å². The molecule has 0 saturated carbocycles. The highest BCUT2D eigenvalue weighted by Crippen LogP contribution is 2.41. The van der Waals surface area contributed by atoms with Crippen LogP contribution in [0.2, 0.25) is 0 Å². The summed E-state index contributed by atoms with van der Waals surface area (Å²) in [4.78, 5) is 22.8. The minimum Gasteiger partial charge on any atom is -0.497 e. The average Bonchev–Trinajstić information content (AvgIpc) is 3.51. The molecular weight excluding hydrogens is 606 g/mol. The molecule has 1 amide bonds. The van der Waals surface area contributed by atoms with E-state index in [-0.39, 0.29) is 12.5 Å². The number of rotatable bonds is 12. The zero-order valence-corrected chi connectivity index (χ0v) is 27.5. The molecule has 0 spiro atoms. The highest BCUT2D eigenvalue weighted by molar-refractivity contribution is 6.24. The van der Waals surface area contributed by atoms with Crippen molar-refractivity contribution >= 4 is 39.4 Å². The van der Waals surface area contributed by atoms with Gasteiger partial charge in [0.2, 0.25) is 5.75 Å². The molecule has 0 aliphatic rings. The van der Waals surface area contributed by atoms with Crippen LogP contribution in [0.5, 0.6) is 28.7 Å². The predicted octanol–water partition coefficient (Wildman–Crippen LogP) is 7.67. The van der Waals surface area contributed by atoms with Crippen LogP contribution in [0, 0.1) is 0 Å². The number of aromatic nitrogens is 2. The first-order valence-electron chi connectivity index (χ1n) is 15.5. The molecular formula is C39H37N3O6. The van der Waals surface area contributed by atoms with Gasteiger partial charge in [-0.15, -0.1) is 0 Å².